The van der Waals surface area contributed by atoms with Gasteiger partial charge in [0.05, 0.1) is 17.4 Å². The van der Waals surface area contributed by atoms with Crippen LogP contribution in [0.1, 0.15) is 5.82 Å². The molecule has 1 fully saturated rings. The number of carboxylic acids is 2. The van der Waals surface area contributed by atoms with Gasteiger partial charge in [-0.15, -0.1) is 11.8 Å². The van der Waals surface area contributed by atoms with Crippen LogP contribution in [0, 0.1) is 0 Å². The lowest BCUT2D eigenvalue weighted by molar-refractivity contribution is -0.688. The molecule has 188 valence electrons. The van der Waals surface area contributed by atoms with E-state index in [1.807, 2.05) is 0 Å². The number of β-lactam (4-membered cyclic amide) rings is 1. The predicted molar refractivity (Wildman–Crippen MR) is 123 cm³/mol. The minimum Gasteiger partial charge on any atom is -0.543 e. The number of anilines is 2. The molecule has 0 aliphatic carbocycles. The molecule has 0 radical (unpaired) electrons. The molecule has 2 aliphatic rings. The molecule has 0 bridgehead atoms. The number of carboxylic acid groups (broad SMARTS) is 2. The Morgan fingerprint density at radius 2 is 2.17 bits per heavy atom. The first-order valence-corrected chi connectivity index (χ1v) is 11.9. The third-order valence-electron chi connectivity index (χ3n) is 4.99. The van der Waals surface area contributed by atoms with Gasteiger partial charge in [-0.05, 0) is 6.07 Å². The van der Waals surface area contributed by atoms with Crippen LogP contribution in [0.2, 0.25) is 0 Å². The second-order valence-electron chi connectivity index (χ2n) is 7.47. The maximum absolute atomic E-state index is 12.9. The average Bonchev–Trinajstić information content (AvgIpc) is 3.25. The van der Waals surface area contributed by atoms with Crippen LogP contribution in [0.25, 0.3) is 0 Å². The van der Waals surface area contributed by atoms with Gasteiger partial charge in [0.15, 0.2) is 24.1 Å². The molecule has 17 heteroatoms. The Morgan fingerprint density at radius 1 is 1.39 bits per heavy atom. The van der Waals surface area contributed by atoms with Crippen LogP contribution in [-0.2, 0) is 30.6 Å². The fourth-order valence-corrected chi connectivity index (χ4v) is 5.30. The number of oxime groups is 1. The summed E-state index contributed by atoms with van der Waals surface area (Å²) < 4.78 is 5.54. The zero-order valence-corrected chi connectivity index (χ0v) is 19.8. The van der Waals surface area contributed by atoms with Crippen LogP contribution in [-0.4, -0.2) is 72.6 Å². The summed E-state index contributed by atoms with van der Waals surface area (Å²) in [6.07, 6.45) is 3.34. The van der Waals surface area contributed by atoms with Crippen molar-refractivity contribution in [3.63, 3.8) is 0 Å². The Labute approximate surface area is 210 Å². The molecular formula is C19H18N8O7S2. The van der Waals surface area contributed by atoms with Crippen LogP contribution >= 0.6 is 23.3 Å². The summed E-state index contributed by atoms with van der Waals surface area (Å²) in [5, 5.41) is 25.9. The Kier molecular flexibility index (Phi) is 7.02. The molecule has 2 amide bonds. The van der Waals surface area contributed by atoms with E-state index < -0.39 is 47.5 Å². The molecule has 0 spiro atoms. The number of amides is 2. The topological polar surface area (TPSA) is 230 Å². The second-order valence-corrected chi connectivity index (χ2v) is 9.36. The molecule has 2 aliphatic heterocycles. The number of carbonyl (C=O) groups is 4. The van der Waals surface area contributed by atoms with Gasteiger partial charge in [0.25, 0.3) is 11.8 Å². The summed E-state index contributed by atoms with van der Waals surface area (Å²) in [5.41, 5.74) is 11.5. The van der Waals surface area contributed by atoms with Crippen molar-refractivity contribution >= 4 is 63.6 Å². The zero-order valence-electron chi connectivity index (χ0n) is 18.2. The Morgan fingerprint density at radius 3 is 2.81 bits per heavy atom. The SMILES string of the molecule is Nc1ccc[n+](CC2=C(C(=O)[O-])N3C(=O)C(NC(=O)C(=NOCC(=O)O)c4nsc(N)n4)[C@H]3SC2)c1. The van der Waals surface area contributed by atoms with Crippen molar-refractivity contribution in [2.24, 2.45) is 5.16 Å². The molecule has 4 rings (SSSR count). The molecule has 0 saturated carbocycles. The lowest BCUT2D eigenvalue weighted by atomic mass is 10.0. The van der Waals surface area contributed by atoms with E-state index in [4.69, 9.17) is 16.6 Å². The zero-order chi connectivity index (χ0) is 26.0. The molecule has 2 atom stereocenters. The van der Waals surface area contributed by atoms with E-state index in [-0.39, 0.29) is 29.0 Å². The molecule has 36 heavy (non-hydrogen) atoms. The van der Waals surface area contributed by atoms with Gasteiger partial charge in [-0.25, -0.2) is 4.79 Å². The number of nitrogens with zero attached hydrogens (tertiary/aromatic N) is 5. The van der Waals surface area contributed by atoms with Crippen LogP contribution in [0.3, 0.4) is 0 Å². The number of aliphatic carboxylic acids is 2. The number of rotatable bonds is 9. The summed E-state index contributed by atoms with van der Waals surface area (Å²) in [4.78, 5) is 58.0. The molecule has 2 aromatic heterocycles. The first-order chi connectivity index (χ1) is 17.2. The van der Waals surface area contributed by atoms with Gasteiger partial charge in [-0.2, -0.15) is 13.9 Å². The Bertz CT molecular complexity index is 1310. The highest BCUT2D eigenvalue weighted by Gasteiger charge is 2.53. The van der Waals surface area contributed by atoms with Gasteiger partial charge in [0.1, 0.15) is 11.4 Å². The van der Waals surface area contributed by atoms with E-state index in [9.17, 15) is 24.3 Å². The lowest BCUT2D eigenvalue weighted by Gasteiger charge is -2.50. The Balaban J connectivity index is 1.53. The third kappa shape index (κ3) is 5.05. The van der Waals surface area contributed by atoms with Gasteiger partial charge in [0.2, 0.25) is 18.1 Å². The summed E-state index contributed by atoms with van der Waals surface area (Å²) in [5.74, 6) is -4.44. The van der Waals surface area contributed by atoms with Gasteiger partial charge < -0.3 is 36.6 Å². The number of thioether (sulfide) groups is 1. The molecule has 0 aromatic carbocycles. The molecule has 1 unspecified atom stereocenters. The van der Waals surface area contributed by atoms with Crippen molar-refractivity contribution in [2.75, 3.05) is 23.8 Å². The molecule has 1 saturated heterocycles. The van der Waals surface area contributed by atoms with Crippen molar-refractivity contribution < 1.29 is 38.8 Å². The van der Waals surface area contributed by atoms with Crippen LogP contribution in [0.15, 0.2) is 41.0 Å². The van der Waals surface area contributed by atoms with Crippen LogP contribution in [0.4, 0.5) is 10.8 Å². The minimum atomic E-state index is -1.52. The van der Waals surface area contributed by atoms with Crippen molar-refractivity contribution in [1.82, 2.24) is 19.6 Å². The first kappa shape index (κ1) is 24.9. The molecule has 15 nitrogen and oxygen atoms in total. The summed E-state index contributed by atoms with van der Waals surface area (Å²) >= 11 is 2.02. The second kappa shape index (κ2) is 10.2. The largest absolute Gasteiger partial charge is 0.543 e. The van der Waals surface area contributed by atoms with Gasteiger partial charge >= 0.3 is 5.97 Å². The van der Waals surface area contributed by atoms with Crippen molar-refractivity contribution in [3.05, 3.63) is 41.6 Å². The fourth-order valence-electron chi connectivity index (χ4n) is 3.53. The number of nitrogen functional groups attached to an aromatic ring is 2. The van der Waals surface area contributed by atoms with E-state index in [1.54, 1.807) is 29.1 Å². The minimum absolute atomic E-state index is 0.0202. The number of fused-ring (bicyclic) bond motifs is 1. The normalized spacial score (nSPS) is 19.4. The monoisotopic (exact) mass is 534 g/mol. The van der Waals surface area contributed by atoms with E-state index in [1.165, 1.54) is 11.8 Å². The number of hydrogen-bond acceptors (Lipinski definition) is 13. The fraction of sp³-hybridized carbons (Fsp3) is 0.263. The highest BCUT2D eigenvalue weighted by molar-refractivity contribution is 8.00. The third-order valence-corrected chi connectivity index (χ3v) is 6.88. The smallest absolute Gasteiger partial charge is 0.344 e. The van der Waals surface area contributed by atoms with E-state index in [0.29, 0.717) is 11.3 Å². The lowest BCUT2D eigenvalue weighted by Crippen LogP contribution is -2.71. The summed E-state index contributed by atoms with van der Waals surface area (Å²) in [6, 6.07) is 2.29. The highest BCUT2D eigenvalue weighted by atomic mass is 32.2. The first-order valence-electron chi connectivity index (χ1n) is 10.1. The number of aromatic nitrogens is 3. The number of nitrogens with two attached hydrogens (primary N) is 2. The number of carbonyl (C=O) groups excluding carboxylic acids is 3. The molecule has 6 N–H and O–H groups in total. The standard InChI is InChI=1S/C19H18N8O7S2/c20-9-2-1-3-26(5-9)4-8-7-35-17-12(16(31)27(17)13(8)18(32)33)22-15(30)11(24-34-6-10(28)29)14-23-19(21)36-25-14/h1-3,5,12,17H,4,6-7,20H2,(H4-,21,22,23,25,28,29,30,32,33)/t12?,17-/m1/s1. The highest BCUT2D eigenvalue weighted by Crippen LogP contribution is 2.40. The maximum Gasteiger partial charge on any atom is 0.344 e. The number of hydrogen-bond donors (Lipinski definition) is 4. The maximum atomic E-state index is 12.9. The van der Waals surface area contributed by atoms with Crippen LogP contribution < -0.4 is 26.5 Å². The van der Waals surface area contributed by atoms with E-state index >= 15 is 0 Å². The van der Waals surface area contributed by atoms with Crippen molar-refractivity contribution in [2.45, 2.75) is 18.0 Å². The number of nitrogens with one attached hydrogen (secondary N) is 1. The Hall–Kier alpha value is -4.25. The quantitative estimate of drug-likeness (QED) is 0.108. The van der Waals surface area contributed by atoms with Gasteiger partial charge in [0, 0.05) is 28.9 Å². The predicted octanol–water partition coefficient (Wildman–Crippen LogP) is -3.10. The molecular weight excluding hydrogens is 516 g/mol. The number of pyridine rings is 1. The average molecular weight is 535 g/mol. The van der Waals surface area contributed by atoms with Gasteiger partial charge in [-0.3, -0.25) is 14.5 Å². The molecule has 2 aromatic rings. The summed E-state index contributed by atoms with van der Waals surface area (Å²) in [7, 11) is 0. The van der Waals surface area contributed by atoms with Crippen molar-refractivity contribution in [1.29, 1.82) is 0 Å². The van der Waals surface area contributed by atoms with Crippen LogP contribution in [0.5, 0.6) is 0 Å². The van der Waals surface area contributed by atoms with E-state index in [0.717, 1.165) is 16.4 Å². The summed E-state index contributed by atoms with van der Waals surface area (Å²) in [6.45, 7) is -0.665. The van der Waals surface area contributed by atoms with Crippen molar-refractivity contribution in [3.8, 4) is 0 Å². The van der Waals surface area contributed by atoms with Gasteiger partial charge in [-0.1, -0.05) is 5.16 Å². The molecule has 4 heterocycles. The van der Waals surface area contributed by atoms with E-state index in [2.05, 4.69) is 24.7 Å².